The first-order valence-corrected chi connectivity index (χ1v) is 10.1. The Balaban J connectivity index is 1.82. The van der Waals surface area contributed by atoms with Crippen LogP contribution in [0.15, 0.2) is 97.3 Å². The van der Waals surface area contributed by atoms with E-state index in [2.05, 4.69) is 90.8 Å². The molecule has 142 valence electrons. The Morgan fingerprint density at radius 3 is 2.23 bits per heavy atom. The Labute approximate surface area is 175 Å². The molecule has 3 aromatic carbocycles. The van der Waals surface area contributed by atoms with E-state index in [0.717, 1.165) is 28.0 Å². The van der Waals surface area contributed by atoms with E-state index in [0.29, 0.717) is 0 Å². The number of rotatable bonds is 2. The van der Waals surface area contributed by atoms with Gasteiger partial charge in [0.1, 0.15) is 5.52 Å². The van der Waals surface area contributed by atoms with Crippen LogP contribution in [-0.4, -0.2) is 15.0 Å². The van der Waals surface area contributed by atoms with Crippen molar-refractivity contribution in [3.8, 4) is 11.3 Å². The average molecular weight is 385 g/mol. The van der Waals surface area contributed by atoms with Crippen LogP contribution in [0.5, 0.6) is 0 Å². The molecule has 0 amide bonds. The number of nitrogens with zero attached hydrogens (tertiary/aromatic N) is 3. The van der Waals surface area contributed by atoms with Crippen molar-refractivity contribution < 1.29 is 0 Å². The van der Waals surface area contributed by atoms with Gasteiger partial charge < -0.3 is 0 Å². The van der Waals surface area contributed by atoms with Gasteiger partial charge in [0, 0.05) is 11.8 Å². The first-order chi connectivity index (χ1) is 14.8. The molecular formula is C27H19N3. The van der Waals surface area contributed by atoms with Crippen molar-refractivity contribution in [2.24, 2.45) is 0 Å². The molecule has 0 saturated heterocycles. The summed E-state index contributed by atoms with van der Waals surface area (Å²) in [7, 11) is 0. The standard InChI is InChI=1S/C27H19N3/c1-18-11-13-20(14-12-18)27(19-7-3-2-4-8-19)22-10-6-5-9-21(22)25-26(27)30-23-15-16-28-17-24(23)29-25/h2-17H,1H3. The van der Waals surface area contributed by atoms with Gasteiger partial charge in [-0.05, 0) is 29.7 Å². The fourth-order valence-electron chi connectivity index (χ4n) is 4.74. The number of hydrogen-bond donors (Lipinski definition) is 0. The minimum Gasteiger partial charge on any atom is -0.262 e. The predicted molar refractivity (Wildman–Crippen MR) is 119 cm³/mol. The smallest absolute Gasteiger partial charge is 0.108 e. The fourth-order valence-corrected chi connectivity index (χ4v) is 4.74. The summed E-state index contributed by atoms with van der Waals surface area (Å²) in [5.41, 5.74) is 9.09. The van der Waals surface area contributed by atoms with Crippen molar-refractivity contribution >= 4 is 11.0 Å². The molecule has 5 aromatic rings. The van der Waals surface area contributed by atoms with Gasteiger partial charge in [-0.3, -0.25) is 4.98 Å². The van der Waals surface area contributed by atoms with Crippen LogP contribution in [0.1, 0.15) is 27.9 Å². The SMILES string of the molecule is Cc1ccc(C2(c3ccccc3)c3ccccc3-c3nc4cnccc4nc32)cc1. The molecular weight excluding hydrogens is 366 g/mol. The Morgan fingerprint density at radius 2 is 1.40 bits per heavy atom. The zero-order chi connectivity index (χ0) is 20.1. The summed E-state index contributed by atoms with van der Waals surface area (Å²) < 4.78 is 0. The maximum Gasteiger partial charge on any atom is 0.108 e. The van der Waals surface area contributed by atoms with E-state index in [9.17, 15) is 0 Å². The summed E-state index contributed by atoms with van der Waals surface area (Å²) in [5.74, 6) is 0. The predicted octanol–water partition coefficient (Wildman–Crippen LogP) is 5.70. The lowest BCUT2D eigenvalue weighted by molar-refractivity contribution is 0.739. The van der Waals surface area contributed by atoms with Crippen LogP contribution in [0.25, 0.3) is 22.3 Å². The average Bonchev–Trinajstić information content (AvgIpc) is 3.09. The maximum absolute atomic E-state index is 5.20. The monoisotopic (exact) mass is 385 g/mol. The number of aryl methyl sites for hydroxylation is 1. The van der Waals surface area contributed by atoms with Crippen LogP contribution in [0.2, 0.25) is 0 Å². The number of fused-ring (bicyclic) bond motifs is 4. The van der Waals surface area contributed by atoms with Crippen molar-refractivity contribution in [2.45, 2.75) is 12.3 Å². The zero-order valence-electron chi connectivity index (χ0n) is 16.6. The molecule has 1 aliphatic carbocycles. The molecule has 0 bridgehead atoms. The van der Waals surface area contributed by atoms with Gasteiger partial charge in [0.25, 0.3) is 0 Å². The molecule has 30 heavy (non-hydrogen) atoms. The van der Waals surface area contributed by atoms with E-state index in [1.807, 2.05) is 6.07 Å². The molecule has 3 heteroatoms. The van der Waals surface area contributed by atoms with E-state index in [1.165, 1.54) is 22.3 Å². The highest BCUT2D eigenvalue weighted by Crippen LogP contribution is 2.54. The zero-order valence-corrected chi connectivity index (χ0v) is 16.6. The van der Waals surface area contributed by atoms with Crippen LogP contribution in [-0.2, 0) is 5.41 Å². The Kier molecular flexibility index (Phi) is 3.59. The lowest BCUT2D eigenvalue weighted by Gasteiger charge is -2.32. The van der Waals surface area contributed by atoms with Crippen LogP contribution >= 0.6 is 0 Å². The van der Waals surface area contributed by atoms with E-state index >= 15 is 0 Å². The van der Waals surface area contributed by atoms with Gasteiger partial charge in [-0.2, -0.15) is 0 Å². The quantitative estimate of drug-likeness (QED) is 0.384. The number of pyridine rings is 1. The second-order valence-corrected chi connectivity index (χ2v) is 7.81. The third-order valence-corrected chi connectivity index (χ3v) is 6.10. The molecule has 1 atom stereocenters. The van der Waals surface area contributed by atoms with E-state index in [-0.39, 0.29) is 0 Å². The molecule has 0 N–H and O–H groups in total. The molecule has 0 radical (unpaired) electrons. The summed E-state index contributed by atoms with van der Waals surface area (Å²) >= 11 is 0. The summed E-state index contributed by atoms with van der Waals surface area (Å²) in [6.07, 6.45) is 3.57. The van der Waals surface area contributed by atoms with Gasteiger partial charge in [0.05, 0.1) is 28.5 Å². The molecule has 0 aliphatic heterocycles. The summed E-state index contributed by atoms with van der Waals surface area (Å²) in [6.45, 7) is 2.12. The summed E-state index contributed by atoms with van der Waals surface area (Å²) in [4.78, 5) is 14.5. The topological polar surface area (TPSA) is 38.7 Å². The fraction of sp³-hybridized carbons (Fsp3) is 0.0741. The van der Waals surface area contributed by atoms with Crippen molar-refractivity contribution in [2.75, 3.05) is 0 Å². The first-order valence-electron chi connectivity index (χ1n) is 10.1. The molecule has 0 saturated carbocycles. The highest BCUT2D eigenvalue weighted by Gasteiger charge is 2.48. The van der Waals surface area contributed by atoms with Crippen molar-refractivity contribution in [1.29, 1.82) is 0 Å². The number of aromatic nitrogens is 3. The molecule has 6 rings (SSSR count). The highest BCUT2D eigenvalue weighted by atomic mass is 14.9. The van der Waals surface area contributed by atoms with E-state index in [1.54, 1.807) is 12.4 Å². The lowest BCUT2D eigenvalue weighted by atomic mass is 9.69. The third kappa shape index (κ3) is 2.23. The van der Waals surface area contributed by atoms with E-state index < -0.39 is 5.41 Å². The second-order valence-electron chi connectivity index (χ2n) is 7.81. The van der Waals surface area contributed by atoms with Crippen molar-refractivity contribution in [1.82, 2.24) is 15.0 Å². The molecule has 0 fully saturated rings. The Bertz CT molecular complexity index is 1390. The molecule has 1 aliphatic rings. The number of benzene rings is 3. The van der Waals surface area contributed by atoms with Crippen LogP contribution in [0.3, 0.4) is 0 Å². The molecule has 2 heterocycles. The minimum atomic E-state index is -0.509. The van der Waals surface area contributed by atoms with Gasteiger partial charge >= 0.3 is 0 Å². The van der Waals surface area contributed by atoms with Crippen LogP contribution in [0, 0.1) is 6.92 Å². The number of hydrogen-bond acceptors (Lipinski definition) is 3. The van der Waals surface area contributed by atoms with Crippen molar-refractivity contribution in [3.63, 3.8) is 0 Å². The lowest BCUT2D eigenvalue weighted by Crippen LogP contribution is -2.29. The Hall–Kier alpha value is -3.85. The van der Waals surface area contributed by atoms with Crippen molar-refractivity contribution in [3.05, 3.63) is 125 Å². The molecule has 2 aromatic heterocycles. The maximum atomic E-state index is 5.20. The van der Waals surface area contributed by atoms with Gasteiger partial charge in [0.15, 0.2) is 0 Å². The minimum absolute atomic E-state index is 0.509. The van der Waals surface area contributed by atoms with E-state index in [4.69, 9.17) is 9.97 Å². The molecule has 0 spiro atoms. The van der Waals surface area contributed by atoms with Gasteiger partial charge in [0.2, 0.25) is 0 Å². The van der Waals surface area contributed by atoms with Crippen LogP contribution in [0.4, 0.5) is 0 Å². The van der Waals surface area contributed by atoms with Gasteiger partial charge in [-0.15, -0.1) is 0 Å². The van der Waals surface area contributed by atoms with Gasteiger partial charge in [-0.25, -0.2) is 9.97 Å². The largest absolute Gasteiger partial charge is 0.262 e. The van der Waals surface area contributed by atoms with Gasteiger partial charge in [-0.1, -0.05) is 84.4 Å². The summed E-state index contributed by atoms with van der Waals surface area (Å²) in [5, 5.41) is 0. The molecule has 1 unspecified atom stereocenters. The molecule has 3 nitrogen and oxygen atoms in total. The second kappa shape index (κ2) is 6.33. The highest BCUT2D eigenvalue weighted by molar-refractivity contribution is 5.87. The third-order valence-electron chi connectivity index (χ3n) is 6.10. The first kappa shape index (κ1) is 17.0. The normalized spacial score (nSPS) is 17.0. The summed E-state index contributed by atoms with van der Waals surface area (Å²) in [6, 6.07) is 30.0. The Morgan fingerprint density at radius 1 is 0.667 bits per heavy atom. The van der Waals surface area contributed by atoms with Crippen LogP contribution < -0.4 is 0 Å².